The SMILES string of the molecule is COc1ccc(/C=C/C(=O)N=C(N)/N=C(\N)N(C)C)cc1. The predicted molar refractivity (Wildman–Crippen MR) is 84.0 cm³/mol. The number of nitrogens with two attached hydrogens (primary N) is 2. The molecule has 4 N–H and O–H groups in total. The average Bonchev–Trinajstić information content (AvgIpc) is 2.45. The lowest BCUT2D eigenvalue weighted by Crippen LogP contribution is -2.32. The topological polar surface area (TPSA) is 106 Å². The number of ether oxygens (including phenoxy) is 1. The van der Waals surface area contributed by atoms with E-state index in [1.165, 1.54) is 6.08 Å². The van der Waals surface area contributed by atoms with Crippen molar-refractivity contribution in [1.29, 1.82) is 0 Å². The summed E-state index contributed by atoms with van der Waals surface area (Å²) in [7, 11) is 5.00. The quantitative estimate of drug-likeness (QED) is 0.476. The van der Waals surface area contributed by atoms with E-state index in [2.05, 4.69) is 9.98 Å². The Labute approximate surface area is 123 Å². The van der Waals surface area contributed by atoms with Crippen LogP contribution in [0.1, 0.15) is 5.56 Å². The van der Waals surface area contributed by atoms with Gasteiger partial charge < -0.3 is 21.1 Å². The van der Waals surface area contributed by atoms with Crippen LogP contribution < -0.4 is 16.2 Å². The van der Waals surface area contributed by atoms with Crippen molar-refractivity contribution in [3.8, 4) is 5.75 Å². The van der Waals surface area contributed by atoms with Gasteiger partial charge in [0.1, 0.15) is 5.75 Å². The number of hydrogen-bond acceptors (Lipinski definition) is 2. The Morgan fingerprint density at radius 3 is 2.33 bits per heavy atom. The highest BCUT2D eigenvalue weighted by Crippen LogP contribution is 2.12. The van der Waals surface area contributed by atoms with E-state index in [1.54, 1.807) is 44.3 Å². The van der Waals surface area contributed by atoms with Crippen LogP contribution in [0.15, 0.2) is 40.3 Å². The van der Waals surface area contributed by atoms with Crippen LogP contribution in [0.25, 0.3) is 6.08 Å². The number of hydrogen-bond donors (Lipinski definition) is 2. The molecule has 0 aromatic heterocycles. The lowest BCUT2D eigenvalue weighted by atomic mass is 10.2. The number of rotatable bonds is 3. The molecule has 0 fully saturated rings. The van der Waals surface area contributed by atoms with Gasteiger partial charge >= 0.3 is 0 Å². The van der Waals surface area contributed by atoms with Crippen molar-refractivity contribution in [3.05, 3.63) is 35.9 Å². The fourth-order valence-corrected chi connectivity index (χ4v) is 1.28. The number of amides is 1. The molecule has 7 heteroatoms. The zero-order valence-corrected chi connectivity index (χ0v) is 12.3. The fraction of sp³-hybridized carbons (Fsp3) is 0.214. The minimum Gasteiger partial charge on any atom is -0.497 e. The summed E-state index contributed by atoms with van der Waals surface area (Å²) < 4.78 is 5.04. The van der Waals surface area contributed by atoms with Crippen molar-refractivity contribution < 1.29 is 9.53 Å². The van der Waals surface area contributed by atoms with Gasteiger partial charge in [0.2, 0.25) is 5.96 Å². The molecule has 0 spiro atoms. The van der Waals surface area contributed by atoms with Crippen LogP contribution in [0.2, 0.25) is 0 Å². The summed E-state index contributed by atoms with van der Waals surface area (Å²) in [5, 5.41) is 0. The van der Waals surface area contributed by atoms with Crippen LogP contribution in [0.4, 0.5) is 0 Å². The minimum atomic E-state index is -0.515. The summed E-state index contributed by atoms with van der Waals surface area (Å²) in [5.41, 5.74) is 11.9. The summed E-state index contributed by atoms with van der Waals surface area (Å²) in [6.45, 7) is 0. The maximum atomic E-state index is 11.6. The molecule has 21 heavy (non-hydrogen) atoms. The largest absolute Gasteiger partial charge is 0.497 e. The number of guanidine groups is 2. The average molecular weight is 289 g/mol. The molecule has 0 aliphatic rings. The smallest absolute Gasteiger partial charge is 0.272 e. The summed E-state index contributed by atoms with van der Waals surface area (Å²) in [4.78, 5) is 20.5. The van der Waals surface area contributed by atoms with Crippen molar-refractivity contribution in [2.45, 2.75) is 0 Å². The molecule has 112 valence electrons. The van der Waals surface area contributed by atoms with Gasteiger partial charge in [-0.15, -0.1) is 0 Å². The highest BCUT2D eigenvalue weighted by atomic mass is 16.5. The van der Waals surface area contributed by atoms with Crippen molar-refractivity contribution in [3.63, 3.8) is 0 Å². The molecule has 1 rings (SSSR count). The second kappa shape index (κ2) is 7.68. The molecule has 1 amide bonds. The lowest BCUT2D eigenvalue weighted by molar-refractivity contribution is -0.113. The highest BCUT2D eigenvalue weighted by Gasteiger charge is 1.99. The molecular formula is C14H19N5O2. The summed E-state index contributed by atoms with van der Waals surface area (Å²) in [6, 6.07) is 7.23. The van der Waals surface area contributed by atoms with E-state index < -0.39 is 5.91 Å². The second-order valence-electron chi connectivity index (χ2n) is 4.28. The van der Waals surface area contributed by atoms with E-state index in [4.69, 9.17) is 16.2 Å². The Morgan fingerprint density at radius 1 is 1.19 bits per heavy atom. The molecule has 0 radical (unpaired) electrons. The van der Waals surface area contributed by atoms with E-state index in [0.29, 0.717) is 0 Å². The number of benzene rings is 1. The molecule has 0 saturated heterocycles. The first kappa shape index (κ1) is 16.2. The van der Waals surface area contributed by atoms with Crippen molar-refractivity contribution in [2.75, 3.05) is 21.2 Å². The van der Waals surface area contributed by atoms with Gasteiger partial charge in [-0.1, -0.05) is 12.1 Å². The van der Waals surface area contributed by atoms with Crippen LogP contribution in [-0.4, -0.2) is 43.9 Å². The van der Waals surface area contributed by atoms with Crippen molar-refractivity contribution in [1.82, 2.24) is 4.90 Å². The van der Waals surface area contributed by atoms with E-state index >= 15 is 0 Å². The van der Waals surface area contributed by atoms with E-state index in [-0.39, 0.29) is 11.9 Å². The molecule has 0 unspecified atom stereocenters. The van der Waals surface area contributed by atoms with E-state index in [9.17, 15) is 4.79 Å². The number of carbonyl (C=O) groups is 1. The number of methoxy groups -OCH3 is 1. The Bertz CT molecular complexity index is 574. The molecule has 0 atom stereocenters. The molecule has 0 heterocycles. The van der Waals surface area contributed by atoms with Gasteiger partial charge in [0.05, 0.1) is 7.11 Å². The Kier molecular flexibility index (Phi) is 5.94. The molecule has 0 aliphatic carbocycles. The lowest BCUT2D eigenvalue weighted by Gasteiger charge is -2.09. The molecule has 0 saturated carbocycles. The van der Waals surface area contributed by atoms with Gasteiger partial charge in [-0.05, 0) is 23.8 Å². The first-order valence-corrected chi connectivity index (χ1v) is 6.14. The van der Waals surface area contributed by atoms with Crippen LogP contribution in [-0.2, 0) is 4.79 Å². The molecule has 7 nitrogen and oxygen atoms in total. The van der Waals surface area contributed by atoms with Gasteiger partial charge in [0.15, 0.2) is 5.96 Å². The van der Waals surface area contributed by atoms with Crippen LogP contribution >= 0.6 is 0 Å². The minimum absolute atomic E-state index is 0.170. The van der Waals surface area contributed by atoms with Gasteiger partial charge in [-0.3, -0.25) is 4.79 Å². The maximum absolute atomic E-state index is 11.6. The molecular weight excluding hydrogens is 270 g/mol. The first-order valence-electron chi connectivity index (χ1n) is 6.14. The third kappa shape index (κ3) is 5.77. The summed E-state index contributed by atoms with van der Waals surface area (Å²) in [5.74, 6) is 0.210. The third-order valence-corrected chi connectivity index (χ3v) is 2.45. The third-order valence-electron chi connectivity index (χ3n) is 2.45. The Balaban J connectivity index is 2.71. The predicted octanol–water partition coefficient (Wildman–Crippen LogP) is 0.426. The number of carbonyl (C=O) groups excluding carboxylic acids is 1. The Hall–Kier alpha value is -2.83. The molecule has 0 bridgehead atoms. The Morgan fingerprint density at radius 2 is 1.81 bits per heavy atom. The number of aliphatic imine (C=N–C) groups is 2. The molecule has 0 aliphatic heterocycles. The first-order chi connectivity index (χ1) is 9.92. The molecule has 1 aromatic rings. The van der Waals surface area contributed by atoms with Gasteiger partial charge in [0, 0.05) is 20.2 Å². The highest BCUT2D eigenvalue weighted by molar-refractivity contribution is 6.03. The van der Waals surface area contributed by atoms with Crippen molar-refractivity contribution in [2.24, 2.45) is 21.5 Å². The van der Waals surface area contributed by atoms with Gasteiger partial charge in [-0.25, -0.2) is 0 Å². The van der Waals surface area contributed by atoms with Crippen molar-refractivity contribution >= 4 is 23.9 Å². The van der Waals surface area contributed by atoms with E-state index in [0.717, 1.165) is 11.3 Å². The standard InChI is InChI=1S/C14H19N5O2/c1-19(2)14(16)18-13(15)17-12(20)9-6-10-4-7-11(21-3)8-5-10/h4-9H,1-3H3,(H4,15,16,17,18,20)/b9-6+. The van der Waals surface area contributed by atoms with E-state index in [1.807, 2.05) is 12.1 Å². The van der Waals surface area contributed by atoms with Crippen LogP contribution in [0.3, 0.4) is 0 Å². The summed E-state index contributed by atoms with van der Waals surface area (Å²) >= 11 is 0. The fourth-order valence-electron chi connectivity index (χ4n) is 1.28. The van der Waals surface area contributed by atoms with Crippen LogP contribution in [0.5, 0.6) is 5.75 Å². The molecule has 1 aromatic carbocycles. The number of nitrogens with zero attached hydrogens (tertiary/aromatic N) is 3. The second-order valence-corrected chi connectivity index (χ2v) is 4.28. The zero-order valence-electron chi connectivity index (χ0n) is 12.3. The van der Waals surface area contributed by atoms with Crippen LogP contribution in [0, 0.1) is 0 Å². The van der Waals surface area contributed by atoms with Gasteiger partial charge in [-0.2, -0.15) is 9.98 Å². The zero-order chi connectivity index (χ0) is 15.8. The summed E-state index contributed by atoms with van der Waals surface area (Å²) in [6.07, 6.45) is 2.92. The normalized spacial score (nSPS) is 12.5. The van der Waals surface area contributed by atoms with Gasteiger partial charge in [0.25, 0.3) is 5.91 Å². The monoisotopic (exact) mass is 289 g/mol. The maximum Gasteiger partial charge on any atom is 0.272 e.